The van der Waals surface area contributed by atoms with Gasteiger partial charge in [-0.05, 0) is 35.7 Å². The first kappa shape index (κ1) is 15.1. The molecule has 0 aliphatic heterocycles. The van der Waals surface area contributed by atoms with Crippen molar-refractivity contribution in [2.45, 2.75) is 0 Å². The Morgan fingerprint density at radius 3 is 1.72 bits per heavy atom. The highest BCUT2D eigenvalue weighted by molar-refractivity contribution is 6.08. The highest BCUT2D eigenvalue weighted by Crippen LogP contribution is 2.44. The third-order valence-corrected chi connectivity index (χ3v) is 4.35. The lowest BCUT2D eigenvalue weighted by Crippen LogP contribution is -2.13. The van der Waals surface area contributed by atoms with E-state index >= 15 is 0 Å². The molecule has 0 fully saturated rings. The molecule has 25 heavy (non-hydrogen) atoms. The summed E-state index contributed by atoms with van der Waals surface area (Å²) >= 11 is 0. The number of rotatable bonds is 3. The quantitative estimate of drug-likeness (QED) is 0.491. The maximum Gasteiger partial charge on any atom is 0.0799 e. The van der Waals surface area contributed by atoms with Crippen molar-refractivity contribution in [3.05, 3.63) is 91.0 Å². The number of anilines is 5. The molecular formula is C22H19N3. The summed E-state index contributed by atoms with van der Waals surface area (Å²) in [5, 5.41) is 2.14. The van der Waals surface area contributed by atoms with Crippen LogP contribution in [0.25, 0.3) is 10.8 Å². The average Bonchev–Trinajstić information content (AvgIpc) is 2.67. The number of benzene rings is 4. The van der Waals surface area contributed by atoms with Gasteiger partial charge in [0.25, 0.3) is 0 Å². The number of fused-ring (bicyclic) bond motifs is 1. The second kappa shape index (κ2) is 6.21. The van der Waals surface area contributed by atoms with E-state index < -0.39 is 0 Å². The predicted octanol–water partition coefficient (Wildman–Crippen LogP) is 5.47. The Balaban J connectivity index is 2.07. The number of para-hydroxylation sites is 2. The van der Waals surface area contributed by atoms with Crippen LogP contribution in [0.2, 0.25) is 0 Å². The summed E-state index contributed by atoms with van der Waals surface area (Å²) in [6, 6.07) is 30.5. The minimum atomic E-state index is 0.588. The zero-order valence-electron chi connectivity index (χ0n) is 13.8. The van der Waals surface area contributed by atoms with Crippen LogP contribution < -0.4 is 16.4 Å². The summed E-state index contributed by atoms with van der Waals surface area (Å²) in [7, 11) is 0. The molecule has 0 atom stereocenters. The van der Waals surface area contributed by atoms with Crippen molar-refractivity contribution in [2.24, 2.45) is 0 Å². The van der Waals surface area contributed by atoms with Crippen molar-refractivity contribution in [3.8, 4) is 0 Å². The Bertz CT molecular complexity index is 972. The molecule has 0 amide bonds. The fraction of sp³-hybridized carbons (Fsp3) is 0. The molecule has 0 saturated carbocycles. The first-order chi connectivity index (χ1) is 12.3. The van der Waals surface area contributed by atoms with E-state index in [-0.39, 0.29) is 0 Å². The molecule has 0 spiro atoms. The van der Waals surface area contributed by atoms with Crippen molar-refractivity contribution < 1.29 is 0 Å². The predicted molar refractivity (Wildman–Crippen MR) is 107 cm³/mol. The zero-order chi connectivity index (χ0) is 17.2. The van der Waals surface area contributed by atoms with Crippen molar-refractivity contribution >= 4 is 39.2 Å². The second-order valence-corrected chi connectivity index (χ2v) is 5.96. The van der Waals surface area contributed by atoms with Crippen molar-refractivity contribution in [2.75, 3.05) is 16.4 Å². The summed E-state index contributed by atoms with van der Waals surface area (Å²) < 4.78 is 0. The Morgan fingerprint density at radius 1 is 0.600 bits per heavy atom. The lowest BCUT2D eigenvalue weighted by atomic mass is 10.0. The Kier molecular flexibility index (Phi) is 3.75. The second-order valence-electron chi connectivity index (χ2n) is 5.96. The van der Waals surface area contributed by atoms with Crippen molar-refractivity contribution in [1.29, 1.82) is 0 Å². The molecule has 4 N–H and O–H groups in total. The van der Waals surface area contributed by atoms with Gasteiger partial charge in [-0.2, -0.15) is 0 Å². The molecule has 3 nitrogen and oxygen atoms in total. The van der Waals surface area contributed by atoms with Crippen LogP contribution in [0.5, 0.6) is 0 Å². The molecule has 0 aliphatic rings. The highest BCUT2D eigenvalue weighted by atomic mass is 15.2. The van der Waals surface area contributed by atoms with E-state index in [1.54, 1.807) is 0 Å². The molecule has 0 unspecified atom stereocenters. The number of hydrogen-bond acceptors (Lipinski definition) is 3. The maximum absolute atomic E-state index is 6.46. The van der Waals surface area contributed by atoms with Crippen LogP contribution in [-0.4, -0.2) is 0 Å². The van der Waals surface area contributed by atoms with Gasteiger partial charge in [0.2, 0.25) is 0 Å². The van der Waals surface area contributed by atoms with E-state index in [1.165, 1.54) is 0 Å². The summed E-state index contributed by atoms with van der Waals surface area (Å²) in [6.45, 7) is 0. The van der Waals surface area contributed by atoms with Crippen LogP contribution in [-0.2, 0) is 0 Å². The normalized spacial score (nSPS) is 10.7. The van der Waals surface area contributed by atoms with Crippen LogP contribution >= 0.6 is 0 Å². The third-order valence-electron chi connectivity index (χ3n) is 4.35. The molecule has 4 aromatic carbocycles. The van der Waals surface area contributed by atoms with E-state index in [4.69, 9.17) is 11.5 Å². The van der Waals surface area contributed by atoms with Gasteiger partial charge in [0.05, 0.1) is 17.1 Å². The van der Waals surface area contributed by atoms with Crippen LogP contribution in [0.4, 0.5) is 28.4 Å². The van der Waals surface area contributed by atoms with Gasteiger partial charge in [-0.15, -0.1) is 0 Å². The van der Waals surface area contributed by atoms with Crippen LogP contribution in [0.3, 0.4) is 0 Å². The van der Waals surface area contributed by atoms with Gasteiger partial charge in [-0.1, -0.05) is 60.7 Å². The molecular weight excluding hydrogens is 306 g/mol. The minimum Gasteiger partial charge on any atom is -0.397 e. The molecule has 3 heteroatoms. The molecule has 0 bridgehead atoms. The SMILES string of the molecule is Nc1cc2ccccc2c(N(c2ccccc2)c2ccccc2)c1N. The van der Waals surface area contributed by atoms with Gasteiger partial charge in [-0.3, -0.25) is 0 Å². The molecule has 0 heterocycles. The third kappa shape index (κ3) is 2.66. The average molecular weight is 325 g/mol. The van der Waals surface area contributed by atoms with Gasteiger partial charge >= 0.3 is 0 Å². The van der Waals surface area contributed by atoms with Gasteiger partial charge in [0, 0.05) is 16.8 Å². The molecule has 0 saturated heterocycles. The summed E-state index contributed by atoms with van der Waals surface area (Å²) in [4.78, 5) is 2.16. The molecule has 4 aromatic rings. The molecule has 4 rings (SSSR count). The van der Waals surface area contributed by atoms with Crippen LogP contribution in [0.15, 0.2) is 91.0 Å². The summed E-state index contributed by atoms with van der Waals surface area (Å²) in [5.41, 5.74) is 16.9. The lowest BCUT2D eigenvalue weighted by Gasteiger charge is -2.28. The molecule has 122 valence electrons. The first-order valence-corrected chi connectivity index (χ1v) is 8.22. The van der Waals surface area contributed by atoms with E-state index in [0.717, 1.165) is 27.8 Å². The number of nitrogens with two attached hydrogens (primary N) is 2. The van der Waals surface area contributed by atoms with E-state index in [2.05, 4.69) is 41.3 Å². The largest absolute Gasteiger partial charge is 0.397 e. The Morgan fingerprint density at radius 2 is 1.12 bits per heavy atom. The Hall–Kier alpha value is -3.46. The van der Waals surface area contributed by atoms with Crippen molar-refractivity contribution in [3.63, 3.8) is 0 Å². The molecule has 0 aromatic heterocycles. The van der Waals surface area contributed by atoms with E-state index in [1.807, 2.05) is 54.6 Å². The first-order valence-electron chi connectivity index (χ1n) is 8.22. The lowest BCUT2D eigenvalue weighted by molar-refractivity contribution is 1.30. The van der Waals surface area contributed by atoms with Gasteiger partial charge in [0.15, 0.2) is 0 Å². The summed E-state index contributed by atoms with van der Waals surface area (Å²) in [5.74, 6) is 0. The topological polar surface area (TPSA) is 55.3 Å². The number of hydrogen-bond donors (Lipinski definition) is 2. The van der Waals surface area contributed by atoms with E-state index in [0.29, 0.717) is 11.4 Å². The maximum atomic E-state index is 6.46. The van der Waals surface area contributed by atoms with Crippen molar-refractivity contribution in [1.82, 2.24) is 0 Å². The number of nitrogens with zero attached hydrogens (tertiary/aromatic N) is 1. The fourth-order valence-corrected chi connectivity index (χ4v) is 3.17. The van der Waals surface area contributed by atoms with Gasteiger partial charge in [-0.25, -0.2) is 0 Å². The van der Waals surface area contributed by atoms with Crippen LogP contribution in [0, 0.1) is 0 Å². The smallest absolute Gasteiger partial charge is 0.0799 e. The van der Waals surface area contributed by atoms with E-state index in [9.17, 15) is 0 Å². The molecule has 0 aliphatic carbocycles. The highest BCUT2D eigenvalue weighted by Gasteiger charge is 2.19. The standard InChI is InChI=1S/C22H19N3/c23-20-15-16-9-7-8-14-19(16)22(21(20)24)25(17-10-3-1-4-11-17)18-12-5-2-6-13-18/h1-15H,23-24H2. The van der Waals surface area contributed by atoms with Gasteiger partial charge < -0.3 is 16.4 Å². The zero-order valence-corrected chi connectivity index (χ0v) is 13.8. The monoisotopic (exact) mass is 325 g/mol. The summed E-state index contributed by atoms with van der Waals surface area (Å²) in [6.07, 6.45) is 0. The fourth-order valence-electron chi connectivity index (χ4n) is 3.17. The minimum absolute atomic E-state index is 0.588. The number of nitrogen functional groups attached to an aromatic ring is 2. The molecule has 0 radical (unpaired) electrons. The Labute approximate surface area is 147 Å². The van der Waals surface area contributed by atoms with Crippen LogP contribution in [0.1, 0.15) is 0 Å². The van der Waals surface area contributed by atoms with Gasteiger partial charge in [0.1, 0.15) is 0 Å².